The van der Waals surface area contributed by atoms with Gasteiger partial charge in [-0.3, -0.25) is 4.98 Å². The Labute approximate surface area is 204 Å². The molecule has 0 spiro atoms. The molecule has 0 radical (unpaired) electrons. The number of hydrogen-bond donors (Lipinski definition) is 1. The summed E-state index contributed by atoms with van der Waals surface area (Å²) in [6.45, 7) is 5.80. The first-order valence-electron chi connectivity index (χ1n) is 10.4. The van der Waals surface area contributed by atoms with Gasteiger partial charge in [0.15, 0.2) is 5.58 Å². The van der Waals surface area contributed by atoms with E-state index in [-0.39, 0.29) is 6.04 Å². The number of pyridine rings is 1. The largest absolute Gasteiger partial charge is 0.598 e. The van der Waals surface area contributed by atoms with E-state index in [0.717, 1.165) is 32.4 Å². The Kier molecular flexibility index (Phi) is 6.86. The molecule has 0 aliphatic carbocycles. The predicted octanol–water partition coefficient (Wildman–Crippen LogP) is 5.86. The third-order valence-electron chi connectivity index (χ3n) is 5.20. The molecule has 168 valence electrons. The first kappa shape index (κ1) is 23.5. The number of hydrogen-bond acceptors (Lipinski definition) is 6. The van der Waals surface area contributed by atoms with Crippen molar-refractivity contribution in [3.8, 4) is 17.3 Å². The minimum absolute atomic E-state index is 0.302. The highest BCUT2D eigenvalue weighted by atomic mass is 79.9. The molecule has 2 atom stereocenters. The summed E-state index contributed by atoms with van der Waals surface area (Å²) in [7, 11) is 0. The highest BCUT2D eigenvalue weighted by molar-refractivity contribution is 9.10. The molecule has 4 aromatic rings. The lowest BCUT2D eigenvalue weighted by molar-refractivity contribution is 0.459. The fourth-order valence-corrected chi connectivity index (χ4v) is 4.63. The van der Waals surface area contributed by atoms with Crippen LogP contribution in [0.4, 0.5) is 0 Å². The van der Waals surface area contributed by atoms with Gasteiger partial charge in [-0.1, -0.05) is 45.4 Å². The molecule has 4 rings (SSSR count). The second kappa shape index (κ2) is 9.65. The van der Waals surface area contributed by atoms with Crippen molar-refractivity contribution in [2.75, 3.05) is 0 Å². The van der Waals surface area contributed by atoms with E-state index < -0.39 is 16.1 Å². The van der Waals surface area contributed by atoms with Crippen molar-refractivity contribution in [3.05, 3.63) is 82.1 Å². The molecule has 2 aromatic heterocycles. The van der Waals surface area contributed by atoms with E-state index in [0.29, 0.717) is 17.6 Å². The van der Waals surface area contributed by atoms with Crippen LogP contribution in [0.5, 0.6) is 0 Å². The average Bonchev–Trinajstić information content (AvgIpc) is 3.21. The molecule has 1 N–H and O–H groups in total. The lowest BCUT2D eigenvalue weighted by atomic mass is 9.94. The van der Waals surface area contributed by atoms with Crippen molar-refractivity contribution < 1.29 is 9.08 Å². The second-order valence-electron chi connectivity index (χ2n) is 8.66. The summed E-state index contributed by atoms with van der Waals surface area (Å²) in [5.41, 5.74) is 4.55. The number of rotatable bonds is 6. The molecule has 0 aliphatic rings. The molecule has 0 amide bonds. The van der Waals surface area contributed by atoms with Crippen LogP contribution >= 0.6 is 15.9 Å². The first-order valence-corrected chi connectivity index (χ1v) is 12.4. The summed E-state index contributed by atoms with van der Waals surface area (Å²) in [6.07, 6.45) is 2.05. The van der Waals surface area contributed by atoms with Gasteiger partial charge in [0.2, 0.25) is 0 Å². The second-order valence-corrected chi connectivity index (χ2v) is 11.6. The molecule has 0 saturated heterocycles. The van der Waals surface area contributed by atoms with Crippen LogP contribution in [0.3, 0.4) is 0 Å². The lowest BCUT2D eigenvalue weighted by Gasteiger charge is -2.29. The number of aromatic nitrogens is 2. The smallest absolute Gasteiger partial charge is 0.168 e. The Morgan fingerprint density at radius 1 is 1.18 bits per heavy atom. The molecular formula is C25H23BrN4O2S. The van der Waals surface area contributed by atoms with Crippen molar-refractivity contribution in [1.29, 1.82) is 5.26 Å². The molecule has 8 heteroatoms. The molecule has 0 fully saturated rings. The van der Waals surface area contributed by atoms with Crippen molar-refractivity contribution in [2.24, 2.45) is 0 Å². The number of halogens is 1. The van der Waals surface area contributed by atoms with Gasteiger partial charge in [-0.25, -0.2) is 0 Å². The molecule has 0 aliphatic heterocycles. The van der Waals surface area contributed by atoms with E-state index >= 15 is 0 Å². The summed E-state index contributed by atoms with van der Waals surface area (Å²) in [5, 5.41) is 14.3. The molecule has 1 unspecified atom stereocenters. The summed E-state index contributed by atoms with van der Waals surface area (Å²) in [5.74, 6) is 0. The average molecular weight is 523 g/mol. The maximum atomic E-state index is 13.1. The summed E-state index contributed by atoms with van der Waals surface area (Å²) in [4.78, 5) is 4.44. The zero-order chi connectivity index (χ0) is 23.6. The Morgan fingerprint density at radius 3 is 2.67 bits per heavy atom. The van der Waals surface area contributed by atoms with E-state index in [1.54, 1.807) is 12.3 Å². The molecule has 2 heterocycles. The molecule has 33 heavy (non-hydrogen) atoms. The van der Waals surface area contributed by atoms with Crippen LogP contribution in [0.2, 0.25) is 0 Å². The Hall–Kier alpha value is -2.70. The Morgan fingerprint density at radius 2 is 1.97 bits per heavy atom. The zero-order valence-electron chi connectivity index (χ0n) is 18.5. The van der Waals surface area contributed by atoms with Crippen LogP contribution in [-0.4, -0.2) is 19.4 Å². The van der Waals surface area contributed by atoms with Crippen LogP contribution in [0, 0.1) is 11.3 Å². The first-order chi connectivity index (χ1) is 15.8. The van der Waals surface area contributed by atoms with Crippen molar-refractivity contribution in [3.63, 3.8) is 0 Å². The van der Waals surface area contributed by atoms with Crippen LogP contribution < -0.4 is 4.72 Å². The maximum Gasteiger partial charge on any atom is 0.168 e. The van der Waals surface area contributed by atoms with Crippen LogP contribution in [0.25, 0.3) is 22.2 Å². The van der Waals surface area contributed by atoms with E-state index in [1.165, 1.54) is 0 Å². The van der Waals surface area contributed by atoms with Crippen LogP contribution in [0.1, 0.15) is 43.6 Å². The van der Waals surface area contributed by atoms with Gasteiger partial charge >= 0.3 is 0 Å². The van der Waals surface area contributed by atoms with E-state index in [4.69, 9.17) is 9.78 Å². The van der Waals surface area contributed by atoms with Crippen LogP contribution in [0.15, 0.2) is 69.8 Å². The highest BCUT2D eigenvalue weighted by Crippen LogP contribution is 2.35. The van der Waals surface area contributed by atoms with Crippen molar-refractivity contribution >= 4 is 38.3 Å². The minimum Gasteiger partial charge on any atom is -0.598 e. The molecule has 0 saturated carbocycles. The van der Waals surface area contributed by atoms with Gasteiger partial charge in [0.25, 0.3) is 0 Å². The topological polar surface area (TPSA) is 97.8 Å². The van der Waals surface area contributed by atoms with Gasteiger partial charge in [-0.05, 0) is 56.7 Å². The van der Waals surface area contributed by atoms with E-state index in [1.807, 2.05) is 69.3 Å². The molecular weight excluding hydrogens is 500 g/mol. The number of nitrogens with zero attached hydrogens (tertiary/aromatic N) is 3. The molecule has 2 aromatic carbocycles. The lowest BCUT2D eigenvalue weighted by Crippen LogP contribution is -2.42. The van der Waals surface area contributed by atoms with Gasteiger partial charge in [0.05, 0.1) is 11.6 Å². The minimum atomic E-state index is -1.31. The molecule has 0 bridgehead atoms. The third kappa shape index (κ3) is 5.28. The third-order valence-corrected chi connectivity index (χ3v) is 7.30. The quantitative estimate of drug-likeness (QED) is 0.318. The van der Waals surface area contributed by atoms with Crippen LogP contribution in [-0.2, 0) is 17.8 Å². The number of fused-ring (bicyclic) bond motifs is 1. The molecule has 6 nitrogen and oxygen atoms in total. The zero-order valence-corrected chi connectivity index (χ0v) is 20.9. The number of nitrogens with one attached hydrogen (secondary N) is 1. The van der Waals surface area contributed by atoms with Gasteiger partial charge in [0, 0.05) is 45.1 Å². The normalized spacial score (nSPS) is 13.6. The number of benzene rings is 2. The van der Waals surface area contributed by atoms with Gasteiger partial charge in [-0.2, -0.15) is 5.26 Å². The fraction of sp³-hybridized carbons (Fsp3) is 0.240. The van der Waals surface area contributed by atoms with Gasteiger partial charge < -0.3 is 9.08 Å². The SMILES string of the molecule is CC(C)(C)[S+]([O-])N[C@@H](Cc1ccc(C#N)cn1)c1ccccc1-c1noc2cc(Br)ccc12. The standard InChI is InChI=1S/C25H23BrN4O2S/c1-25(2,3)33(31)30-22(13-18-10-8-16(14-27)15-28-18)19-6-4-5-7-20(19)24-21-11-9-17(26)12-23(21)32-29-24/h4-12,15,22,30H,13H2,1-3H3/t22-,33?/m0/s1. The van der Waals surface area contributed by atoms with E-state index in [9.17, 15) is 4.55 Å². The fourth-order valence-electron chi connectivity index (χ4n) is 3.46. The van der Waals surface area contributed by atoms with Crippen molar-refractivity contribution in [2.45, 2.75) is 38.0 Å². The summed E-state index contributed by atoms with van der Waals surface area (Å²) < 4.78 is 22.5. The Bertz CT molecular complexity index is 1310. The number of nitriles is 1. The van der Waals surface area contributed by atoms with Gasteiger partial charge in [-0.15, -0.1) is 4.72 Å². The van der Waals surface area contributed by atoms with Crippen molar-refractivity contribution in [1.82, 2.24) is 14.9 Å². The predicted molar refractivity (Wildman–Crippen MR) is 134 cm³/mol. The summed E-state index contributed by atoms with van der Waals surface area (Å²) in [6, 6.07) is 19.1. The highest BCUT2D eigenvalue weighted by Gasteiger charge is 2.31. The summed E-state index contributed by atoms with van der Waals surface area (Å²) >= 11 is 2.16. The van der Waals surface area contributed by atoms with E-state index in [2.05, 4.69) is 36.9 Å². The van der Waals surface area contributed by atoms with Gasteiger partial charge in [0.1, 0.15) is 16.5 Å². The maximum absolute atomic E-state index is 13.1. The Balaban J connectivity index is 1.78. The monoisotopic (exact) mass is 522 g/mol.